The number of hydrogen-bond donors (Lipinski definition) is 2. The summed E-state index contributed by atoms with van der Waals surface area (Å²) in [6.07, 6.45) is 3.25. The molecule has 2 aliphatic rings. The molecule has 6 nitrogen and oxygen atoms in total. The van der Waals surface area contributed by atoms with Crippen LogP contribution in [0.1, 0.15) is 38.2 Å². The van der Waals surface area contributed by atoms with E-state index in [0.717, 1.165) is 29.7 Å². The van der Waals surface area contributed by atoms with Crippen LogP contribution < -0.4 is 10.1 Å². The first kappa shape index (κ1) is 16.8. The Morgan fingerprint density at radius 3 is 2.79 bits per heavy atom. The van der Waals surface area contributed by atoms with Crippen LogP contribution in [0, 0.1) is 0 Å². The Morgan fingerprint density at radius 2 is 2.08 bits per heavy atom. The van der Waals surface area contributed by atoms with Crippen LogP contribution in [0.4, 0.5) is 4.79 Å². The molecule has 1 aliphatic carbocycles. The highest BCUT2D eigenvalue weighted by molar-refractivity contribution is 6.07. The Kier molecular flexibility index (Phi) is 4.76. The summed E-state index contributed by atoms with van der Waals surface area (Å²) < 4.78 is 5.59. The lowest BCUT2D eigenvalue weighted by Crippen LogP contribution is -2.45. The van der Waals surface area contributed by atoms with E-state index in [4.69, 9.17) is 4.74 Å². The number of rotatable bonds is 6. The summed E-state index contributed by atoms with van der Waals surface area (Å²) in [4.78, 5) is 25.7. The van der Waals surface area contributed by atoms with Crippen LogP contribution in [0.5, 0.6) is 5.75 Å². The maximum absolute atomic E-state index is 12.5. The molecule has 0 unspecified atom stereocenters. The van der Waals surface area contributed by atoms with Crippen molar-refractivity contribution in [1.82, 2.24) is 10.2 Å². The van der Waals surface area contributed by atoms with E-state index in [1.807, 2.05) is 24.3 Å². The van der Waals surface area contributed by atoms with Crippen LogP contribution in [-0.2, 0) is 11.2 Å². The largest absolute Gasteiger partial charge is 0.491 e. The van der Waals surface area contributed by atoms with Crippen LogP contribution in [0.15, 0.2) is 24.3 Å². The first-order valence-electron chi connectivity index (χ1n) is 8.58. The standard InChI is InChI=1S/C18H24N2O4/c1-2-13-6-5-7-15(10-13)24-12-14(21)11-20-16(22)18(19-17(20)23)8-3-4-9-18/h5-7,10,14,21H,2-4,8-9,11-12H2,1H3,(H,19,23)/t14-/m0/s1. The predicted octanol–water partition coefficient (Wildman–Crippen LogP) is 1.85. The van der Waals surface area contributed by atoms with Gasteiger partial charge in [0.05, 0.1) is 6.54 Å². The van der Waals surface area contributed by atoms with Crippen molar-refractivity contribution in [2.45, 2.75) is 50.7 Å². The minimum Gasteiger partial charge on any atom is -0.491 e. The number of aliphatic hydroxyl groups excluding tert-OH is 1. The van der Waals surface area contributed by atoms with Crippen LogP contribution in [0.3, 0.4) is 0 Å². The molecule has 3 amide bonds. The number of hydrogen-bond acceptors (Lipinski definition) is 4. The van der Waals surface area contributed by atoms with Gasteiger partial charge in [0.25, 0.3) is 5.91 Å². The molecule has 1 saturated carbocycles. The molecule has 1 saturated heterocycles. The van der Waals surface area contributed by atoms with E-state index in [-0.39, 0.29) is 19.1 Å². The number of nitrogens with zero attached hydrogens (tertiary/aromatic N) is 1. The first-order chi connectivity index (χ1) is 11.5. The number of aryl methyl sites for hydroxylation is 1. The Bertz CT molecular complexity index is 625. The number of imide groups is 1. The highest BCUT2D eigenvalue weighted by atomic mass is 16.5. The molecule has 1 aromatic rings. The molecule has 0 aromatic heterocycles. The van der Waals surface area contributed by atoms with Crippen molar-refractivity contribution >= 4 is 11.9 Å². The molecule has 1 heterocycles. The number of carbonyl (C=O) groups excluding carboxylic acids is 2. The quantitative estimate of drug-likeness (QED) is 0.779. The maximum Gasteiger partial charge on any atom is 0.325 e. The normalized spacial score (nSPS) is 20.5. The lowest BCUT2D eigenvalue weighted by Gasteiger charge is -2.21. The van der Waals surface area contributed by atoms with Gasteiger partial charge >= 0.3 is 6.03 Å². The van der Waals surface area contributed by atoms with Gasteiger partial charge in [-0.05, 0) is 37.0 Å². The molecule has 1 aliphatic heterocycles. The third-order valence-electron chi connectivity index (χ3n) is 4.85. The molecule has 1 spiro atoms. The fraction of sp³-hybridized carbons (Fsp3) is 0.556. The summed E-state index contributed by atoms with van der Waals surface area (Å²) in [5, 5.41) is 13.0. The van der Waals surface area contributed by atoms with E-state index in [0.29, 0.717) is 18.6 Å². The van der Waals surface area contributed by atoms with Gasteiger partial charge in [-0.1, -0.05) is 31.9 Å². The molecular formula is C18H24N2O4. The van der Waals surface area contributed by atoms with Gasteiger partial charge in [0, 0.05) is 0 Å². The molecule has 2 fully saturated rings. The number of aliphatic hydroxyl groups is 1. The average Bonchev–Trinajstić information content (AvgIpc) is 3.14. The summed E-state index contributed by atoms with van der Waals surface area (Å²) in [5.74, 6) is 0.467. The molecule has 0 bridgehead atoms. The van der Waals surface area contributed by atoms with Crippen LogP contribution in [-0.4, -0.2) is 46.7 Å². The number of β-amino-alcohol motifs (C(OH)–C–C–N with tert-alkyl or cyclic N) is 1. The highest BCUT2D eigenvalue weighted by Gasteiger charge is 2.52. The summed E-state index contributed by atoms with van der Waals surface area (Å²) >= 11 is 0. The number of nitrogens with one attached hydrogen (secondary N) is 1. The summed E-state index contributed by atoms with van der Waals surface area (Å²) in [6, 6.07) is 7.26. The van der Waals surface area contributed by atoms with Gasteiger partial charge < -0.3 is 15.2 Å². The van der Waals surface area contributed by atoms with Gasteiger partial charge in [-0.2, -0.15) is 0 Å². The minimum atomic E-state index is -0.915. The number of ether oxygens (including phenoxy) is 1. The summed E-state index contributed by atoms with van der Waals surface area (Å²) in [6.45, 7) is 2.06. The number of urea groups is 1. The van der Waals surface area contributed by atoms with Crippen LogP contribution >= 0.6 is 0 Å². The van der Waals surface area contributed by atoms with Gasteiger partial charge in [0.2, 0.25) is 0 Å². The van der Waals surface area contributed by atoms with Crippen molar-refractivity contribution in [1.29, 1.82) is 0 Å². The molecule has 6 heteroatoms. The molecule has 2 N–H and O–H groups in total. The monoisotopic (exact) mass is 332 g/mol. The zero-order chi connectivity index (χ0) is 17.2. The Hall–Kier alpha value is -2.08. The second-order valence-corrected chi connectivity index (χ2v) is 6.60. The fourth-order valence-electron chi connectivity index (χ4n) is 3.47. The SMILES string of the molecule is CCc1cccc(OC[C@@H](O)CN2C(=O)NC3(CCCC3)C2=O)c1. The molecule has 0 radical (unpaired) electrons. The van der Waals surface area contributed by atoms with E-state index in [2.05, 4.69) is 12.2 Å². The highest BCUT2D eigenvalue weighted by Crippen LogP contribution is 2.35. The average molecular weight is 332 g/mol. The molecule has 1 aromatic carbocycles. The van der Waals surface area contributed by atoms with E-state index < -0.39 is 17.7 Å². The van der Waals surface area contributed by atoms with Crippen LogP contribution in [0.25, 0.3) is 0 Å². The topological polar surface area (TPSA) is 78.9 Å². The van der Waals surface area contributed by atoms with E-state index in [9.17, 15) is 14.7 Å². The Balaban J connectivity index is 1.55. The van der Waals surface area contributed by atoms with Crippen molar-refractivity contribution in [2.24, 2.45) is 0 Å². The van der Waals surface area contributed by atoms with Crippen molar-refractivity contribution < 1.29 is 19.4 Å². The smallest absolute Gasteiger partial charge is 0.325 e. The minimum absolute atomic E-state index is 0.0389. The van der Waals surface area contributed by atoms with E-state index in [1.165, 1.54) is 0 Å². The first-order valence-corrected chi connectivity index (χ1v) is 8.58. The third-order valence-corrected chi connectivity index (χ3v) is 4.85. The van der Waals surface area contributed by atoms with Crippen molar-refractivity contribution in [3.05, 3.63) is 29.8 Å². The van der Waals surface area contributed by atoms with Gasteiger partial charge in [0.1, 0.15) is 24.0 Å². The zero-order valence-corrected chi connectivity index (χ0v) is 14.0. The molecule has 1 atom stereocenters. The number of benzene rings is 1. The molecule has 24 heavy (non-hydrogen) atoms. The van der Waals surface area contributed by atoms with Gasteiger partial charge in [-0.3, -0.25) is 9.69 Å². The Morgan fingerprint density at radius 1 is 1.33 bits per heavy atom. The second-order valence-electron chi connectivity index (χ2n) is 6.60. The summed E-state index contributed by atoms with van der Waals surface area (Å²) in [7, 11) is 0. The van der Waals surface area contributed by atoms with Crippen molar-refractivity contribution in [2.75, 3.05) is 13.2 Å². The van der Waals surface area contributed by atoms with Crippen molar-refractivity contribution in [3.63, 3.8) is 0 Å². The predicted molar refractivity (Wildman–Crippen MR) is 88.8 cm³/mol. The van der Waals surface area contributed by atoms with Gasteiger partial charge in [0.15, 0.2) is 0 Å². The van der Waals surface area contributed by atoms with Crippen molar-refractivity contribution in [3.8, 4) is 5.75 Å². The molecular weight excluding hydrogens is 308 g/mol. The van der Waals surface area contributed by atoms with Crippen LogP contribution in [0.2, 0.25) is 0 Å². The molecule has 3 rings (SSSR count). The second kappa shape index (κ2) is 6.81. The summed E-state index contributed by atoms with van der Waals surface area (Å²) in [5.41, 5.74) is 0.423. The van der Waals surface area contributed by atoms with E-state index in [1.54, 1.807) is 0 Å². The lowest BCUT2D eigenvalue weighted by atomic mass is 9.98. The Labute approximate surface area is 141 Å². The lowest BCUT2D eigenvalue weighted by molar-refractivity contribution is -0.132. The van der Waals surface area contributed by atoms with Gasteiger partial charge in [-0.25, -0.2) is 4.79 Å². The van der Waals surface area contributed by atoms with E-state index >= 15 is 0 Å². The zero-order valence-electron chi connectivity index (χ0n) is 14.0. The van der Waals surface area contributed by atoms with Gasteiger partial charge in [-0.15, -0.1) is 0 Å². The molecule has 130 valence electrons. The number of carbonyl (C=O) groups is 2. The maximum atomic E-state index is 12.5. The fourth-order valence-corrected chi connectivity index (χ4v) is 3.47. The third kappa shape index (κ3) is 3.24. The number of amides is 3.